The van der Waals surface area contributed by atoms with Crippen LogP contribution in [0, 0.1) is 25.2 Å². The molecule has 2 aromatic rings. The molecule has 102 valence electrons. The molecule has 1 N–H and O–H groups in total. The summed E-state index contributed by atoms with van der Waals surface area (Å²) in [6.07, 6.45) is 0. The number of aliphatic hydroxyl groups is 1. The molecule has 0 spiro atoms. The molecule has 0 saturated carbocycles. The molecule has 0 fully saturated rings. The van der Waals surface area contributed by atoms with Crippen molar-refractivity contribution in [3.63, 3.8) is 0 Å². The van der Waals surface area contributed by atoms with Crippen molar-refractivity contribution in [1.29, 1.82) is 5.26 Å². The van der Waals surface area contributed by atoms with Crippen LogP contribution in [0.1, 0.15) is 27.8 Å². The van der Waals surface area contributed by atoms with E-state index >= 15 is 0 Å². The summed E-state index contributed by atoms with van der Waals surface area (Å²) >= 11 is 0. The molecule has 0 radical (unpaired) electrons. The number of nitriles is 1. The lowest BCUT2D eigenvalue weighted by atomic mass is 10.1. The van der Waals surface area contributed by atoms with Crippen LogP contribution in [-0.4, -0.2) is 5.11 Å². The fourth-order valence-electron chi connectivity index (χ4n) is 2.06. The fourth-order valence-corrected chi connectivity index (χ4v) is 2.06. The van der Waals surface area contributed by atoms with Crippen molar-refractivity contribution < 1.29 is 9.84 Å². The van der Waals surface area contributed by atoms with E-state index in [1.165, 1.54) is 0 Å². The molecule has 20 heavy (non-hydrogen) atoms. The van der Waals surface area contributed by atoms with Crippen LogP contribution in [0.25, 0.3) is 0 Å². The van der Waals surface area contributed by atoms with E-state index in [1.54, 1.807) is 6.07 Å². The number of aryl methyl sites for hydroxylation is 2. The average Bonchev–Trinajstić information content (AvgIpc) is 2.46. The molecule has 2 rings (SSSR count). The van der Waals surface area contributed by atoms with Crippen molar-refractivity contribution in [1.82, 2.24) is 0 Å². The Morgan fingerprint density at radius 1 is 1.10 bits per heavy atom. The number of aliphatic hydroxyl groups excluding tert-OH is 1. The Labute approximate surface area is 119 Å². The molecule has 0 unspecified atom stereocenters. The van der Waals surface area contributed by atoms with Gasteiger partial charge >= 0.3 is 0 Å². The second kappa shape index (κ2) is 6.23. The molecule has 0 atom stereocenters. The molecule has 0 amide bonds. The largest absolute Gasteiger partial charge is 0.489 e. The maximum atomic E-state index is 9.35. The summed E-state index contributed by atoms with van der Waals surface area (Å²) in [6.45, 7) is 4.33. The number of hydrogen-bond donors (Lipinski definition) is 1. The molecule has 0 aromatic heterocycles. The summed E-state index contributed by atoms with van der Waals surface area (Å²) in [7, 11) is 0. The minimum absolute atomic E-state index is 0.0383. The predicted molar refractivity (Wildman–Crippen MR) is 77.3 cm³/mol. The summed E-state index contributed by atoms with van der Waals surface area (Å²) in [5.41, 5.74) is 4.60. The molecule has 0 aliphatic rings. The van der Waals surface area contributed by atoms with Crippen LogP contribution in [0.4, 0.5) is 0 Å². The fraction of sp³-hybridized carbons (Fsp3) is 0.235. The molecule has 0 heterocycles. The van der Waals surface area contributed by atoms with Crippen LogP contribution in [0.2, 0.25) is 0 Å². The van der Waals surface area contributed by atoms with E-state index in [0.29, 0.717) is 17.9 Å². The molecule has 0 bridgehead atoms. The highest BCUT2D eigenvalue weighted by atomic mass is 16.5. The van der Waals surface area contributed by atoms with Gasteiger partial charge in [-0.25, -0.2) is 0 Å². The molecule has 3 heteroatoms. The van der Waals surface area contributed by atoms with Crippen molar-refractivity contribution in [2.75, 3.05) is 0 Å². The number of nitrogens with zero attached hydrogens (tertiary/aromatic N) is 1. The van der Waals surface area contributed by atoms with Gasteiger partial charge in [0.2, 0.25) is 0 Å². The lowest BCUT2D eigenvalue weighted by molar-refractivity contribution is 0.258. The van der Waals surface area contributed by atoms with Crippen molar-refractivity contribution >= 4 is 0 Å². The average molecular weight is 267 g/mol. The van der Waals surface area contributed by atoms with Gasteiger partial charge in [0.25, 0.3) is 0 Å². The third-order valence-corrected chi connectivity index (χ3v) is 3.24. The minimum Gasteiger partial charge on any atom is -0.489 e. The molecular formula is C17H17NO2. The predicted octanol–water partition coefficient (Wildman–Crippen LogP) is 3.25. The first-order valence-corrected chi connectivity index (χ1v) is 6.47. The summed E-state index contributed by atoms with van der Waals surface area (Å²) in [5.74, 6) is 0.696. The topological polar surface area (TPSA) is 53.2 Å². The highest BCUT2D eigenvalue weighted by molar-refractivity contribution is 5.39. The molecule has 2 aromatic carbocycles. The summed E-state index contributed by atoms with van der Waals surface area (Å²) < 4.78 is 5.78. The summed E-state index contributed by atoms with van der Waals surface area (Å²) in [4.78, 5) is 0. The number of hydrogen-bond acceptors (Lipinski definition) is 3. The van der Waals surface area contributed by atoms with Gasteiger partial charge in [0.1, 0.15) is 12.4 Å². The summed E-state index contributed by atoms with van der Waals surface area (Å²) in [5, 5.41) is 18.2. The maximum absolute atomic E-state index is 9.35. The first-order valence-electron chi connectivity index (χ1n) is 6.47. The molecule has 0 saturated heterocycles. The third-order valence-electron chi connectivity index (χ3n) is 3.24. The van der Waals surface area contributed by atoms with Crippen LogP contribution in [-0.2, 0) is 13.2 Å². The van der Waals surface area contributed by atoms with Gasteiger partial charge in [0, 0.05) is 5.56 Å². The van der Waals surface area contributed by atoms with Crippen LogP contribution < -0.4 is 4.74 Å². The van der Waals surface area contributed by atoms with E-state index in [1.807, 2.05) is 44.2 Å². The smallest absolute Gasteiger partial charge is 0.125 e. The molecular weight excluding hydrogens is 250 g/mol. The zero-order valence-corrected chi connectivity index (χ0v) is 11.7. The van der Waals surface area contributed by atoms with Crippen LogP contribution in [0.3, 0.4) is 0 Å². The van der Waals surface area contributed by atoms with Gasteiger partial charge in [-0.3, -0.25) is 0 Å². The first-order chi connectivity index (χ1) is 9.63. The van der Waals surface area contributed by atoms with Gasteiger partial charge in [-0.1, -0.05) is 23.8 Å². The normalized spacial score (nSPS) is 10.1. The highest BCUT2D eigenvalue weighted by Gasteiger charge is 2.05. The second-order valence-corrected chi connectivity index (χ2v) is 4.81. The van der Waals surface area contributed by atoms with Crippen molar-refractivity contribution in [2.24, 2.45) is 0 Å². The van der Waals surface area contributed by atoms with E-state index in [4.69, 9.17) is 10.00 Å². The highest BCUT2D eigenvalue weighted by Crippen LogP contribution is 2.22. The Hall–Kier alpha value is -2.31. The minimum atomic E-state index is -0.0383. The maximum Gasteiger partial charge on any atom is 0.125 e. The van der Waals surface area contributed by atoms with Crippen molar-refractivity contribution in [3.05, 3.63) is 64.2 Å². The lowest BCUT2D eigenvalue weighted by Crippen LogP contribution is -2.01. The zero-order valence-electron chi connectivity index (χ0n) is 11.7. The molecule has 0 aliphatic heterocycles. The van der Waals surface area contributed by atoms with Crippen LogP contribution >= 0.6 is 0 Å². The Kier molecular flexibility index (Phi) is 4.39. The SMILES string of the molecule is Cc1ccc(OCc2ccc(C#N)cc2C)c(CO)c1. The van der Waals surface area contributed by atoms with Gasteiger partial charge in [0.05, 0.1) is 18.2 Å². The van der Waals surface area contributed by atoms with E-state index in [0.717, 1.165) is 22.3 Å². The van der Waals surface area contributed by atoms with Crippen molar-refractivity contribution in [2.45, 2.75) is 27.1 Å². The van der Waals surface area contributed by atoms with Crippen LogP contribution in [0.15, 0.2) is 36.4 Å². The number of rotatable bonds is 4. The first kappa shape index (κ1) is 14.1. The number of ether oxygens (including phenoxy) is 1. The molecule has 0 aliphatic carbocycles. The van der Waals surface area contributed by atoms with Crippen LogP contribution in [0.5, 0.6) is 5.75 Å². The number of benzene rings is 2. The monoisotopic (exact) mass is 267 g/mol. The van der Waals surface area contributed by atoms with Gasteiger partial charge < -0.3 is 9.84 Å². The zero-order chi connectivity index (χ0) is 14.5. The van der Waals surface area contributed by atoms with Gasteiger partial charge in [-0.15, -0.1) is 0 Å². The Morgan fingerprint density at radius 2 is 1.90 bits per heavy atom. The third kappa shape index (κ3) is 3.17. The standard InChI is InChI=1S/C17H17NO2/c1-12-3-6-17(16(7-12)10-19)20-11-15-5-4-14(9-18)8-13(15)2/h3-8,19H,10-11H2,1-2H3. The Bertz CT molecular complexity index is 657. The summed E-state index contributed by atoms with van der Waals surface area (Å²) in [6, 6.07) is 13.4. The van der Waals surface area contributed by atoms with Gasteiger partial charge in [-0.05, 0) is 43.2 Å². The van der Waals surface area contributed by atoms with Gasteiger partial charge in [0.15, 0.2) is 0 Å². The second-order valence-electron chi connectivity index (χ2n) is 4.81. The van der Waals surface area contributed by atoms with E-state index in [9.17, 15) is 5.11 Å². The van der Waals surface area contributed by atoms with E-state index in [-0.39, 0.29) is 6.61 Å². The quantitative estimate of drug-likeness (QED) is 0.925. The van der Waals surface area contributed by atoms with E-state index < -0.39 is 0 Å². The van der Waals surface area contributed by atoms with Gasteiger partial charge in [-0.2, -0.15) is 5.26 Å². The molecule has 3 nitrogen and oxygen atoms in total. The Morgan fingerprint density at radius 3 is 2.55 bits per heavy atom. The van der Waals surface area contributed by atoms with Crippen molar-refractivity contribution in [3.8, 4) is 11.8 Å². The Balaban J connectivity index is 2.15. The van der Waals surface area contributed by atoms with E-state index in [2.05, 4.69) is 6.07 Å². The lowest BCUT2D eigenvalue weighted by Gasteiger charge is -2.12.